The fourth-order valence-electron chi connectivity index (χ4n) is 3.62. The number of carbonyl (C=O) groups is 1. The lowest BCUT2D eigenvalue weighted by atomic mass is 10.0. The molecule has 162 valence electrons. The molecule has 4 rings (SSSR count). The lowest BCUT2D eigenvalue weighted by Gasteiger charge is -2.17. The topological polar surface area (TPSA) is 118 Å². The number of thiophene rings is 1. The molecule has 0 aliphatic heterocycles. The predicted molar refractivity (Wildman–Crippen MR) is 119 cm³/mol. The third kappa shape index (κ3) is 4.30. The first kappa shape index (κ1) is 21.4. The van der Waals surface area contributed by atoms with Crippen LogP contribution < -0.4 is 10.5 Å². The molecule has 2 amide bonds. The van der Waals surface area contributed by atoms with E-state index >= 15 is 0 Å². The molecule has 2 aliphatic carbocycles. The summed E-state index contributed by atoms with van der Waals surface area (Å²) in [4.78, 5) is 17.6. The van der Waals surface area contributed by atoms with E-state index in [0.717, 1.165) is 59.5 Å². The van der Waals surface area contributed by atoms with Gasteiger partial charge in [-0.1, -0.05) is 0 Å². The Hall–Kier alpha value is -1.81. The largest absolute Gasteiger partial charge is 0.386 e. The van der Waals surface area contributed by atoms with Crippen LogP contribution in [0.2, 0.25) is 0 Å². The van der Waals surface area contributed by atoms with Gasteiger partial charge in [0.1, 0.15) is 4.21 Å². The SMILES string of the molecule is Cc1c(C2CC2)nc(C2CC2)c(C)c1NC(=O)N=[S@@](N)(=O)c1cc(C(C)(C)O)cs1. The minimum Gasteiger partial charge on any atom is -0.386 e. The van der Waals surface area contributed by atoms with Gasteiger partial charge in [0.05, 0.1) is 11.3 Å². The number of anilines is 1. The Morgan fingerprint density at radius 1 is 1.23 bits per heavy atom. The Kier molecular flexibility index (Phi) is 5.29. The van der Waals surface area contributed by atoms with Crippen LogP contribution in [0.5, 0.6) is 0 Å². The summed E-state index contributed by atoms with van der Waals surface area (Å²) in [6.07, 6.45) is 4.49. The highest BCUT2D eigenvalue weighted by Crippen LogP contribution is 2.47. The van der Waals surface area contributed by atoms with E-state index in [1.165, 1.54) is 0 Å². The van der Waals surface area contributed by atoms with Crippen LogP contribution in [0.3, 0.4) is 0 Å². The molecule has 0 saturated heterocycles. The van der Waals surface area contributed by atoms with Crippen LogP contribution in [-0.4, -0.2) is 20.3 Å². The number of nitrogens with one attached hydrogen (secondary N) is 1. The van der Waals surface area contributed by atoms with Crippen LogP contribution in [0.25, 0.3) is 0 Å². The number of hydrogen-bond acceptors (Lipinski definition) is 5. The number of aromatic nitrogens is 1. The number of aliphatic hydroxyl groups is 1. The van der Waals surface area contributed by atoms with E-state index < -0.39 is 21.5 Å². The number of urea groups is 1. The van der Waals surface area contributed by atoms with Gasteiger partial charge in [-0.3, -0.25) is 4.98 Å². The molecule has 7 nitrogen and oxygen atoms in total. The number of rotatable bonds is 5. The Balaban J connectivity index is 1.65. The maximum atomic E-state index is 12.9. The number of pyridine rings is 1. The highest BCUT2D eigenvalue weighted by Gasteiger charge is 2.34. The summed E-state index contributed by atoms with van der Waals surface area (Å²) in [5, 5.41) is 20.5. The van der Waals surface area contributed by atoms with E-state index in [9.17, 15) is 14.1 Å². The highest BCUT2D eigenvalue weighted by atomic mass is 32.2. The standard InChI is InChI=1S/C21H28N4O3S2/c1-11-17(12(2)19(14-7-8-14)23-18(11)13-5-6-13)24-20(26)25-30(22,28)16-9-15(10-29-16)21(3,4)27/h9-10,13-14,27H,5-8H2,1-4H3,(H3,22,23,24,25,26,28)/t30-/m1/s1. The lowest BCUT2D eigenvalue weighted by Crippen LogP contribution is -2.19. The molecule has 2 fully saturated rings. The van der Waals surface area contributed by atoms with Crippen molar-refractivity contribution in [2.75, 3.05) is 5.32 Å². The van der Waals surface area contributed by atoms with E-state index in [2.05, 4.69) is 9.68 Å². The zero-order valence-corrected chi connectivity index (χ0v) is 19.3. The molecule has 30 heavy (non-hydrogen) atoms. The van der Waals surface area contributed by atoms with Crippen molar-refractivity contribution in [3.8, 4) is 0 Å². The van der Waals surface area contributed by atoms with Crippen molar-refractivity contribution in [3.63, 3.8) is 0 Å². The van der Waals surface area contributed by atoms with Crippen molar-refractivity contribution in [1.82, 2.24) is 4.98 Å². The maximum Gasteiger partial charge on any atom is 0.354 e. The Morgan fingerprint density at radius 2 is 1.77 bits per heavy atom. The minimum absolute atomic E-state index is 0.260. The molecule has 2 aliphatic rings. The molecule has 2 aromatic heterocycles. The van der Waals surface area contributed by atoms with Gasteiger partial charge in [0.25, 0.3) is 0 Å². The first-order chi connectivity index (χ1) is 14.0. The lowest BCUT2D eigenvalue weighted by molar-refractivity contribution is 0.0789. The molecule has 9 heteroatoms. The van der Waals surface area contributed by atoms with E-state index in [1.807, 2.05) is 13.8 Å². The molecule has 0 spiro atoms. The van der Waals surface area contributed by atoms with Gasteiger partial charge < -0.3 is 10.4 Å². The Bertz CT molecular complexity index is 1100. The average molecular weight is 449 g/mol. The number of hydrogen-bond donors (Lipinski definition) is 3. The number of nitrogens with two attached hydrogens (primary N) is 1. The smallest absolute Gasteiger partial charge is 0.354 e. The summed E-state index contributed by atoms with van der Waals surface area (Å²) in [6.45, 7) is 7.19. The summed E-state index contributed by atoms with van der Waals surface area (Å²) in [5.41, 5.74) is 4.22. The molecule has 2 aromatic rings. The first-order valence-electron chi connectivity index (χ1n) is 10.2. The molecule has 4 N–H and O–H groups in total. The van der Waals surface area contributed by atoms with E-state index in [1.54, 1.807) is 25.3 Å². The van der Waals surface area contributed by atoms with Crippen molar-refractivity contribution < 1.29 is 14.1 Å². The molecular formula is C21H28N4O3S2. The van der Waals surface area contributed by atoms with Crippen molar-refractivity contribution >= 4 is 33.0 Å². The van der Waals surface area contributed by atoms with Crippen molar-refractivity contribution in [1.29, 1.82) is 0 Å². The van der Waals surface area contributed by atoms with Gasteiger partial charge in [0.2, 0.25) is 0 Å². The second-order valence-electron chi connectivity index (χ2n) is 8.86. The van der Waals surface area contributed by atoms with Crippen LogP contribution in [0.4, 0.5) is 10.5 Å². The van der Waals surface area contributed by atoms with Crippen molar-refractivity contribution in [3.05, 3.63) is 39.5 Å². The van der Waals surface area contributed by atoms with E-state index in [0.29, 0.717) is 23.1 Å². The summed E-state index contributed by atoms with van der Waals surface area (Å²) in [5.74, 6) is 0.918. The van der Waals surface area contributed by atoms with Crippen molar-refractivity contribution in [2.45, 2.75) is 75.0 Å². The fourth-order valence-corrected chi connectivity index (χ4v) is 5.90. The van der Waals surface area contributed by atoms with Crippen LogP contribution in [0, 0.1) is 13.8 Å². The molecule has 1 atom stereocenters. The second kappa shape index (κ2) is 7.40. The normalized spacial score (nSPS) is 18.7. The van der Waals surface area contributed by atoms with Crippen LogP contribution >= 0.6 is 11.3 Å². The second-order valence-corrected chi connectivity index (χ2v) is 11.8. The number of amides is 2. The molecule has 0 radical (unpaired) electrons. The summed E-state index contributed by atoms with van der Waals surface area (Å²) >= 11 is 1.12. The first-order valence-corrected chi connectivity index (χ1v) is 12.6. The summed E-state index contributed by atoms with van der Waals surface area (Å²) in [6, 6.07) is 0.810. The van der Waals surface area contributed by atoms with Gasteiger partial charge >= 0.3 is 6.03 Å². The third-order valence-electron chi connectivity index (χ3n) is 5.71. The third-order valence-corrected chi connectivity index (χ3v) is 8.57. The number of nitrogens with zero attached hydrogens (tertiary/aromatic N) is 2. The zero-order valence-electron chi connectivity index (χ0n) is 17.7. The van der Waals surface area contributed by atoms with Gasteiger partial charge in [-0.15, -0.1) is 15.7 Å². The summed E-state index contributed by atoms with van der Waals surface area (Å²) < 4.78 is 17.0. The Labute approximate surface area is 181 Å². The number of carbonyl (C=O) groups excluding carboxylic acids is 1. The zero-order chi connectivity index (χ0) is 21.8. The predicted octanol–water partition coefficient (Wildman–Crippen LogP) is 4.67. The summed E-state index contributed by atoms with van der Waals surface area (Å²) in [7, 11) is -3.42. The van der Waals surface area contributed by atoms with Crippen LogP contribution in [-0.2, 0) is 15.5 Å². The maximum absolute atomic E-state index is 12.9. The quantitative estimate of drug-likeness (QED) is 0.616. The average Bonchev–Trinajstić information content (AvgIpc) is 3.56. The molecule has 0 aromatic carbocycles. The Morgan fingerprint density at radius 3 is 2.20 bits per heavy atom. The fraction of sp³-hybridized carbons (Fsp3) is 0.524. The van der Waals surface area contributed by atoms with Gasteiger partial charge in [-0.2, -0.15) is 0 Å². The van der Waals surface area contributed by atoms with E-state index in [4.69, 9.17) is 10.1 Å². The molecular weight excluding hydrogens is 420 g/mol. The van der Waals surface area contributed by atoms with Gasteiger partial charge in [0.15, 0.2) is 9.92 Å². The monoisotopic (exact) mass is 448 g/mol. The molecule has 0 unspecified atom stereocenters. The van der Waals surface area contributed by atoms with Crippen LogP contribution in [0.1, 0.15) is 79.4 Å². The van der Waals surface area contributed by atoms with Gasteiger partial charge in [0, 0.05) is 23.2 Å². The molecule has 2 saturated carbocycles. The van der Waals surface area contributed by atoms with E-state index in [-0.39, 0.29) is 4.21 Å². The van der Waals surface area contributed by atoms with Crippen molar-refractivity contribution in [2.24, 2.45) is 9.50 Å². The highest BCUT2D eigenvalue weighted by molar-refractivity contribution is 7.93. The van der Waals surface area contributed by atoms with Gasteiger partial charge in [-0.05, 0) is 81.5 Å². The van der Waals surface area contributed by atoms with Gasteiger partial charge in [-0.25, -0.2) is 14.1 Å². The molecule has 2 heterocycles. The minimum atomic E-state index is -3.42. The van der Waals surface area contributed by atoms with Crippen LogP contribution in [0.15, 0.2) is 20.0 Å². The molecule has 0 bridgehead atoms.